The Morgan fingerprint density at radius 1 is 0.952 bits per heavy atom. The Morgan fingerprint density at radius 3 is 2.76 bits per heavy atom. The van der Waals surface area contributed by atoms with Crippen molar-refractivity contribution in [2.45, 2.75) is 17.1 Å². The van der Waals surface area contributed by atoms with E-state index in [9.17, 15) is 0 Å². The van der Waals surface area contributed by atoms with E-state index in [1.165, 1.54) is 15.7 Å². The molecule has 0 fully saturated rings. The second-order valence-corrected chi connectivity index (χ2v) is 6.10. The van der Waals surface area contributed by atoms with Gasteiger partial charge in [0.05, 0.1) is 6.21 Å². The monoisotopic (exact) mass is 291 g/mol. The van der Waals surface area contributed by atoms with Crippen LogP contribution < -0.4 is 0 Å². The molecular formula is C17H13N3S. The number of nitrogens with zero attached hydrogens (tertiary/aromatic N) is 3. The first kappa shape index (κ1) is 12.5. The number of benzene rings is 2. The molecular weight excluding hydrogens is 278 g/mol. The summed E-state index contributed by atoms with van der Waals surface area (Å²) in [6.07, 6.45) is 3.50. The van der Waals surface area contributed by atoms with Crippen LogP contribution in [0.15, 0.2) is 74.5 Å². The van der Waals surface area contributed by atoms with Crippen LogP contribution in [0, 0.1) is 0 Å². The molecule has 3 nitrogen and oxygen atoms in total. The molecule has 0 aliphatic carbocycles. The number of hydrogen-bond acceptors (Lipinski definition) is 4. The van der Waals surface area contributed by atoms with Crippen LogP contribution >= 0.6 is 11.8 Å². The Hall–Kier alpha value is -2.20. The Labute approximate surface area is 127 Å². The third-order valence-corrected chi connectivity index (χ3v) is 4.62. The molecule has 21 heavy (non-hydrogen) atoms. The Kier molecular flexibility index (Phi) is 2.97. The van der Waals surface area contributed by atoms with Gasteiger partial charge in [-0.15, -0.1) is 0 Å². The summed E-state index contributed by atoms with van der Waals surface area (Å²) in [6, 6.07) is 14.7. The number of hydrogen-bond donors (Lipinski definition) is 0. The average Bonchev–Trinajstić information content (AvgIpc) is 2.89. The summed E-state index contributed by atoms with van der Waals surface area (Å²) in [5.74, 6) is 0. The minimum absolute atomic E-state index is 0.00173. The van der Waals surface area contributed by atoms with Crippen molar-refractivity contribution < 1.29 is 0 Å². The van der Waals surface area contributed by atoms with Gasteiger partial charge in [-0.3, -0.25) is 9.98 Å². The van der Waals surface area contributed by atoms with Crippen molar-refractivity contribution in [2.75, 3.05) is 0 Å². The van der Waals surface area contributed by atoms with Crippen molar-refractivity contribution in [3.05, 3.63) is 54.6 Å². The minimum Gasteiger partial charge on any atom is -0.278 e. The first-order valence-corrected chi connectivity index (χ1v) is 7.61. The molecule has 2 aliphatic heterocycles. The second-order valence-electron chi connectivity index (χ2n) is 5.04. The summed E-state index contributed by atoms with van der Waals surface area (Å²) in [6.45, 7) is 3.95. The molecule has 0 amide bonds. The zero-order chi connectivity index (χ0) is 14.2. The Balaban J connectivity index is 1.67. The van der Waals surface area contributed by atoms with E-state index in [1.54, 1.807) is 18.0 Å². The van der Waals surface area contributed by atoms with Gasteiger partial charge in [-0.1, -0.05) is 54.7 Å². The van der Waals surface area contributed by atoms with Gasteiger partial charge in [-0.25, -0.2) is 4.99 Å². The van der Waals surface area contributed by atoms with E-state index >= 15 is 0 Å². The van der Waals surface area contributed by atoms with Crippen molar-refractivity contribution in [1.82, 2.24) is 0 Å². The molecule has 4 heteroatoms. The lowest BCUT2D eigenvalue weighted by Crippen LogP contribution is -2.23. The Morgan fingerprint density at radius 2 is 1.81 bits per heavy atom. The van der Waals surface area contributed by atoms with E-state index in [0.717, 1.165) is 10.6 Å². The van der Waals surface area contributed by atoms with Gasteiger partial charge in [0.15, 0.2) is 6.17 Å². The summed E-state index contributed by atoms with van der Waals surface area (Å²) >= 11 is 1.64. The first-order chi connectivity index (χ1) is 10.3. The van der Waals surface area contributed by atoms with Gasteiger partial charge < -0.3 is 0 Å². The predicted octanol–water partition coefficient (Wildman–Crippen LogP) is 3.75. The highest BCUT2D eigenvalue weighted by molar-refractivity contribution is 8.15. The SMILES string of the molecule is C=C1C=NC2N=C(Sc3cccc4ccccc34)C=NC12. The number of aliphatic imine (C=N–C) groups is 3. The Bertz CT molecular complexity index is 814. The molecule has 2 aromatic rings. The van der Waals surface area contributed by atoms with Crippen LogP contribution in [0.3, 0.4) is 0 Å². The molecule has 2 unspecified atom stereocenters. The minimum atomic E-state index is -0.125. The van der Waals surface area contributed by atoms with E-state index in [2.05, 4.69) is 64.0 Å². The highest BCUT2D eigenvalue weighted by Crippen LogP contribution is 2.31. The van der Waals surface area contributed by atoms with E-state index < -0.39 is 0 Å². The molecule has 2 aromatic carbocycles. The fraction of sp³-hybridized carbons (Fsp3) is 0.118. The summed E-state index contributed by atoms with van der Waals surface area (Å²) in [7, 11) is 0. The molecule has 4 rings (SSSR count). The zero-order valence-corrected chi connectivity index (χ0v) is 12.1. The predicted molar refractivity (Wildman–Crippen MR) is 90.9 cm³/mol. The maximum atomic E-state index is 4.67. The molecule has 0 radical (unpaired) electrons. The smallest absolute Gasteiger partial charge is 0.167 e. The fourth-order valence-corrected chi connectivity index (χ4v) is 3.50. The average molecular weight is 291 g/mol. The van der Waals surface area contributed by atoms with Crippen molar-refractivity contribution in [3.8, 4) is 0 Å². The van der Waals surface area contributed by atoms with Gasteiger partial charge in [0.2, 0.25) is 0 Å². The van der Waals surface area contributed by atoms with Crippen molar-refractivity contribution in [3.63, 3.8) is 0 Å². The third-order valence-electron chi connectivity index (χ3n) is 3.62. The molecule has 0 N–H and O–H groups in total. The normalized spacial score (nSPS) is 23.4. The van der Waals surface area contributed by atoms with Crippen LogP contribution in [0.1, 0.15) is 0 Å². The maximum absolute atomic E-state index is 4.67. The zero-order valence-electron chi connectivity index (χ0n) is 11.3. The van der Waals surface area contributed by atoms with Gasteiger partial charge in [-0.05, 0) is 22.4 Å². The van der Waals surface area contributed by atoms with E-state index in [1.807, 2.05) is 6.21 Å². The van der Waals surface area contributed by atoms with Crippen LogP contribution in [0.2, 0.25) is 0 Å². The van der Waals surface area contributed by atoms with Crippen molar-refractivity contribution in [1.29, 1.82) is 0 Å². The summed E-state index contributed by atoms with van der Waals surface area (Å²) in [5, 5.41) is 3.38. The highest BCUT2D eigenvalue weighted by atomic mass is 32.2. The standard InChI is InChI=1S/C17H13N3S/c1-11-9-19-17-16(11)18-10-15(20-17)21-14-8-4-6-12-5-2-3-7-13(12)14/h2-10,16-17H,1H2. The molecule has 0 saturated carbocycles. The largest absolute Gasteiger partial charge is 0.278 e. The van der Waals surface area contributed by atoms with Gasteiger partial charge in [-0.2, -0.15) is 0 Å². The van der Waals surface area contributed by atoms with E-state index in [0.29, 0.717) is 0 Å². The molecule has 2 heterocycles. The summed E-state index contributed by atoms with van der Waals surface area (Å²) in [5.41, 5.74) is 0.939. The number of thioether (sulfide) groups is 1. The van der Waals surface area contributed by atoms with E-state index in [4.69, 9.17) is 0 Å². The molecule has 0 spiro atoms. The van der Waals surface area contributed by atoms with Crippen LogP contribution in [-0.4, -0.2) is 29.7 Å². The summed E-state index contributed by atoms with van der Waals surface area (Å²) in [4.78, 5) is 14.7. The van der Waals surface area contributed by atoms with Gasteiger partial charge in [0.25, 0.3) is 0 Å². The maximum Gasteiger partial charge on any atom is 0.167 e. The molecule has 0 aromatic heterocycles. The molecule has 0 saturated heterocycles. The lowest BCUT2D eigenvalue weighted by Gasteiger charge is -2.17. The van der Waals surface area contributed by atoms with Crippen LogP contribution in [-0.2, 0) is 0 Å². The molecule has 102 valence electrons. The van der Waals surface area contributed by atoms with Crippen LogP contribution in [0.5, 0.6) is 0 Å². The van der Waals surface area contributed by atoms with Crippen LogP contribution in [0.4, 0.5) is 0 Å². The van der Waals surface area contributed by atoms with Gasteiger partial charge >= 0.3 is 0 Å². The molecule has 2 atom stereocenters. The lowest BCUT2D eigenvalue weighted by atomic mass is 10.1. The number of fused-ring (bicyclic) bond motifs is 2. The second kappa shape index (κ2) is 4.97. The van der Waals surface area contributed by atoms with Crippen LogP contribution in [0.25, 0.3) is 10.8 Å². The highest BCUT2D eigenvalue weighted by Gasteiger charge is 2.29. The fourth-order valence-electron chi connectivity index (χ4n) is 2.56. The molecule has 0 bridgehead atoms. The van der Waals surface area contributed by atoms with Crippen molar-refractivity contribution >= 4 is 40.0 Å². The third kappa shape index (κ3) is 2.21. The topological polar surface area (TPSA) is 37.1 Å². The lowest BCUT2D eigenvalue weighted by molar-refractivity contribution is 0.647. The quantitative estimate of drug-likeness (QED) is 0.788. The first-order valence-electron chi connectivity index (χ1n) is 6.80. The van der Waals surface area contributed by atoms with Gasteiger partial charge in [0.1, 0.15) is 11.1 Å². The molecule has 2 aliphatic rings. The van der Waals surface area contributed by atoms with Gasteiger partial charge in [0, 0.05) is 11.1 Å². The van der Waals surface area contributed by atoms with Crippen molar-refractivity contribution in [2.24, 2.45) is 15.0 Å². The van der Waals surface area contributed by atoms with E-state index in [-0.39, 0.29) is 12.2 Å². The number of rotatable bonds is 1. The summed E-state index contributed by atoms with van der Waals surface area (Å²) < 4.78 is 0.